The van der Waals surface area contributed by atoms with E-state index in [0.29, 0.717) is 36.9 Å². The van der Waals surface area contributed by atoms with Gasteiger partial charge in [-0.3, -0.25) is 4.79 Å². The first-order valence-corrected chi connectivity index (χ1v) is 5.95. The van der Waals surface area contributed by atoms with E-state index in [1.807, 2.05) is 0 Å². The van der Waals surface area contributed by atoms with E-state index in [4.69, 9.17) is 22.1 Å². The van der Waals surface area contributed by atoms with Crippen LogP contribution in [0.1, 0.15) is 10.4 Å². The van der Waals surface area contributed by atoms with Crippen LogP contribution in [0.15, 0.2) is 24.3 Å². The number of hydrogen-bond acceptors (Lipinski definition) is 3. The molecule has 1 aromatic carbocycles. The number of morpholine rings is 1. The SMILES string of the molecule is NCC1COCCN1C(=O)c1ccccc1Cl. The number of carbonyl (C=O) groups excluding carboxylic acids is 1. The van der Waals surface area contributed by atoms with Crippen LogP contribution in [0, 0.1) is 0 Å². The van der Waals surface area contributed by atoms with E-state index in [1.54, 1.807) is 29.2 Å². The van der Waals surface area contributed by atoms with Gasteiger partial charge in [0.1, 0.15) is 0 Å². The molecular formula is C12H15ClN2O2. The Morgan fingerprint density at radius 2 is 2.29 bits per heavy atom. The molecule has 2 rings (SSSR count). The van der Waals surface area contributed by atoms with Crippen molar-refractivity contribution < 1.29 is 9.53 Å². The van der Waals surface area contributed by atoms with Gasteiger partial charge in [0.2, 0.25) is 0 Å². The Bertz CT molecular complexity index is 411. The first-order chi connectivity index (χ1) is 8.24. The average Bonchev–Trinajstić information content (AvgIpc) is 2.38. The molecule has 1 saturated heterocycles. The average molecular weight is 255 g/mol. The van der Waals surface area contributed by atoms with Gasteiger partial charge in [0.25, 0.3) is 5.91 Å². The summed E-state index contributed by atoms with van der Waals surface area (Å²) in [6.45, 7) is 2.00. The van der Waals surface area contributed by atoms with E-state index >= 15 is 0 Å². The summed E-state index contributed by atoms with van der Waals surface area (Å²) < 4.78 is 5.31. The molecule has 0 bridgehead atoms. The third kappa shape index (κ3) is 2.60. The van der Waals surface area contributed by atoms with Crippen LogP contribution in [0.5, 0.6) is 0 Å². The topological polar surface area (TPSA) is 55.6 Å². The molecule has 2 N–H and O–H groups in total. The maximum Gasteiger partial charge on any atom is 0.255 e. The van der Waals surface area contributed by atoms with Crippen LogP contribution in [0.3, 0.4) is 0 Å². The van der Waals surface area contributed by atoms with Gasteiger partial charge in [0.05, 0.1) is 29.8 Å². The highest BCUT2D eigenvalue weighted by Gasteiger charge is 2.27. The van der Waals surface area contributed by atoms with Gasteiger partial charge >= 0.3 is 0 Å². The highest BCUT2D eigenvalue weighted by molar-refractivity contribution is 6.33. The lowest BCUT2D eigenvalue weighted by atomic mass is 10.1. The van der Waals surface area contributed by atoms with Crippen LogP contribution < -0.4 is 5.73 Å². The Balaban J connectivity index is 2.21. The number of hydrogen-bond donors (Lipinski definition) is 1. The quantitative estimate of drug-likeness (QED) is 0.861. The number of halogens is 1. The Kier molecular flexibility index (Phi) is 3.99. The largest absolute Gasteiger partial charge is 0.377 e. The van der Waals surface area contributed by atoms with Crippen molar-refractivity contribution >= 4 is 17.5 Å². The molecule has 92 valence electrons. The fraction of sp³-hybridized carbons (Fsp3) is 0.417. The van der Waals surface area contributed by atoms with Crippen molar-refractivity contribution in [2.24, 2.45) is 5.73 Å². The van der Waals surface area contributed by atoms with E-state index in [2.05, 4.69) is 0 Å². The zero-order chi connectivity index (χ0) is 12.3. The minimum atomic E-state index is -0.0747. The van der Waals surface area contributed by atoms with Gasteiger partial charge in [-0.05, 0) is 12.1 Å². The van der Waals surface area contributed by atoms with Crippen molar-refractivity contribution in [2.75, 3.05) is 26.3 Å². The Morgan fingerprint density at radius 3 is 3.00 bits per heavy atom. The van der Waals surface area contributed by atoms with E-state index in [1.165, 1.54) is 0 Å². The lowest BCUT2D eigenvalue weighted by Crippen LogP contribution is -2.52. The van der Waals surface area contributed by atoms with Crippen LogP contribution in [0.4, 0.5) is 0 Å². The lowest BCUT2D eigenvalue weighted by molar-refractivity contribution is 0.000849. The third-order valence-electron chi connectivity index (χ3n) is 2.86. The molecule has 1 aromatic rings. The van der Waals surface area contributed by atoms with Gasteiger partial charge in [0, 0.05) is 13.1 Å². The predicted molar refractivity (Wildman–Crippen MR) is 66.1 cm³/mol. The highest BCUT2D eigenvalue weighted by Crippen LogP contribution is 2.19. The Morgan fingerprint density at radius 1 is 1.53 bits per heavy atom. The van der Waals surface area contributed by atoms with Crippen molar-refractivity contribution in [3.63, 3.8) is 0 Å². The molecule has 0 saturated carbocycles. The summed E-state index contributed by atoms with van der Waals surface area (Å²) >= 11 is 6.02. The normalized spacial score (nSPS) is 20.4. The maximum atomic E-state index is 12.3. The molecule has 1 fully saturated rings. The van der Waals surface area contributed by atoms with Crippen LogP contribution >= 0.6 is 11.6 Å². The van der Waals surface area contributed by atoms with Gasteiger partial charge in [-0.15, -0.1) is 0 Å². The Hall–Kier alpha value is -1.10. The molecule has 0 radical (unpaired) electrons. The summed E-state index contributed by atoms with van der Waals surface area (Å²) in [6.07, 6.45) is 0. The van der Waals surface area contributed by atoms with Crippen LogP contribution in [-0.2, 0) is 4.74 Å². The predicted octanol–water partition coefficient (Wildman–Crippen LogP) is 1.14. The fourth-order valence-electron chi connectivity index (χ4n) is 1.91. The number of carbonyl (C=O) groups is 1. The smallest absolute Gasteiger partial charge is 0.255 e. The van der Waals surface area contributed by atoms with Crippen LogP contribution in [0.25, 0.3) is 0 Å². The number of benzene rings is 1. The molecular weight excluding hydrogens is 240 g/mol. The van der Waals surface area contributed by atoms with Gasteiger partial charge in [-0.25, -0.2) is 0 Å². The van der Waals surface area contributed by atoms with Crippen molar-refractivity contribution in [1.82, 2.24) is 4.90 Å². The number of nitrogens with zero attached hydrogens (tertiary/aromatic N) is 1. The summed E-state index contributed by atoms with van der Waals surface area (Å²) in [5, 5.41) is 0.472. The van der Waals surface area contributed by atoms with Crippen molar-refractivity contribution in [3.05, 3.63) is 34.9 Å². The van der Waals surface area contributed by atoms with Crippen molar-refractivity contribution in [3.8, 4) is 0 Å². The lowest BCUT2D eigenvalue weighted by Gasteiger charge is -2.35. The molecule has 0 aromatic heterocycles. The maximum absolute atomic E-state index is 12.3. The van der Waals surface area contributed by atoms with E-state index in [0.717, 1.165) is 0 Å². The van der Waals surface area contributed by atoms with E-state index in [-0.39, 0.29) is 11.9 Å². The molecule has 1 heterocycles. The van der Waals surface area contributed by atoms with Crippen LogP contribution in [0.2, 0.25) is 5.02 Å². The molecule has 1 unspecified atom stereocenters. The number of rotatable bonds is 2. The summed E-state index contributed by atoms with van der Waals surface area (Å²) in [4.78, 5) is 14.1. The summed E-state index contributed by atoms with van der Waals surface area (Å²) in [5.74, 6) is -0.0747. The van der Waals surface area contributed by atoms with Gasteiger partial charge < -0.3 is 15.4 Å². The first-order valence-electron chi connectivity index (χ1n) is 5.57. The summed E-state index contributed by atoms with van der Waals surface area (Å²) in [5.41, 5.74) is 6.16. The van der Waals surface area contributed by atoms with Crippen molar-refractivity contribution in [2.45, 2.75) is 6.04 Å². The number of amides is 1. The monoisotopic (exact) mass is 254 g/mol. The summed E-state index contributed by atoms with van der Waals surface area (Å²) in [7, 11) is 0. The molecule has 17 heavy (non-hydrogen) atoms. The standard InChI is InChI=1S/C12H15ClN2O2/c13-11-4-2-1-3-10(11)12(16)15-5-6-17-8-9(15)7-14/h1-4,9H,5-8,14H2. The zero-order valence-corrected chi connectivity index (χ0v) is 10.2. The van der Waals surface area contributed by atoms with Gasteiger partial charge in [-0.2, -0.15) is 0 Å². The third-order valence-corrected chi connectivity index (χ3v) is 3.19. The molecule has 1 aliphatic heterocycles. The molecule has 1 aliphatic rings. The van der Waals surface area contributed by atoms with E-state index < -0.39 is 0 Å². The zero-order valence-electron chi connectivity index (χ0n) is 9.43. The summed E-state index contributed by atoms with van der Waals surface area (Å²) in [6, 6.07) is 6.99. The van der Waals surface area contributed by atoms with E-state index in [9.17, 15) is 4.79 Å². The highest BCUT2D eigenvalue weighted by atomic mass is 35.5. The number of ether oxygens (including phenoxy) is 1. The second-order valence-electron chi connectivity index (χ2n) is 3.94. The molecule has 0 aliphatic carbocycles. The molecule has 4 nitrogen and oxygen atoms in total. The fourth-order valence-corrected chi connectivity index (χ4v) is 2.12. The second-order valence-corrected chi connectivity index (χ2v) is 4.35. The number of nitrogens with two attached hydrogens (primary N) is 1. The van der Waals surface area contributed by atoms with Gasteiger partial charge in [-0.1, -0.05) is 23.7 Å². The molecule has 0 spiro atoms. The Labute approximate surface area is 105 Å². The van der Waals surface area contributed by atoms with Crippen LogP contribution in [-0.4, -0.2) is 43.2 Å². The molecule has 5 heteroatoms. The molecule has 1 amide bonds. The van der Waals surface area contributed by atoms with Gasteiger partial charge in [0.15, 0.2) is 0 Å². The minimum Gasteiger partial charge on any atom is -0.377 e. The molecule has 1 atom stereocenters. The van der Waals surface area contributed by atoms with Crippen molar-refractivity contribution in [1.29, 1.82) is 0 Å². The minimum absolute atomic E-state index is 0.0625. The first kappa shape index (κ1) is 12.4. The second kappa shape index (κ2) is 5.49.